The third-order valence-electron chi connectivity index (χ3n) is 7.66. The van der Waals surface area contributed by atoms with Crippen LogP contribution in [0.1, 0.15) is 57.9 Å². The fourth-order valence-corrected chi connectivity index (χ4v) is 7.15. The molecule has 1 saturated carbocycles. The fourth-order valence-electron chi connectivity index (χ4n) is 5.93. The molecule has 0 amide bonds. The number of alkyl halides is 1. The molecule has 3 fully saturated rings. The summed E-state index contributed by atoms with van der Waals surface area (Å²) in [4.78, 5) is 4.74. The molecule has 2 bridgehead atoms. The zero-order valence-electron chi connectivity index (χ0n) is 18.4. The normalized spacial score (nSPS) is 33.3. The summed E-state index contributed by atoms with van der Waals surface area (Å²) in [6, 6.07) is 8.44. The van der Waals surface area contributed by atoms with Crippen LogP contribution in [0.15, 0.2) is 28.2 Å². The molecule has 2 saturated heterocycles. The summed E-state index contributed by atoms with van der Waals surface area (Å²) in [5.41, 5.74) is 0.665. The van der Waals surface area contributed by atoms with E-state index in [0.717, 1.165) is 59.9 Å². The SMILES string of the molecule is COc1ccc(CN2[C@]3(C)CCC[C@@]2(C)[C@H](F)[C@H](N(c2nnc(Br)s2)C2CC2)C3)cc1. The van der Waals surface area contributed by atoms with Crippen molar-refractivity contribution in [3.8, 4) is 5.75 Å². The molecule has 0 radical (unpaired) electrons. The average Bonchev–Trinajstić information content (AvgIpc) is 3.49. The average molecular weight is 509 g/mol. The van der Waals surface area contributed by atoms with Crippen LogP contribution in [0.5, 0.6) is 5.75 Å². The Morgan fingerprint density at radius 3 is 2.58 bits per heavy atom. The number of fused-ring (bicyclic) bond motifs is 2. The van der Waals surface area contributed by atoms with E-state index in [-0.39, 0.29) is 11.6 Å². The summed E-state index contributed by atoms with van der Waals surface area (Å²) in [7, 11) is 1.68. The Morgan fingerprint density at radius 1 is 1.23 bits per heavy atom. The van der Waals surface area contributed by atoms with Gasteiger partial charge in [0.1, 0.15) is 11.9 Å². The molecule has 3 heterocycles. The fraction of sp³-hybridized carbons (Fsp3) is 0.652. The standard InChI is InChI=1S/C23H30BrFN4OS/c1-22-11-4-12-23(2,28(22)14-15-5-9-17(30-3)10-6-15)19(25)18(13-22)29(16-7-8-16)21-27-26-20(24)31-21/h5-6,9-10,16,18-19H,4,7-8,11-14H2,1-3H3/t18-,19-,22-,23+/m1/s1. The lowest BCUT2D eigenvalue weighted by atomic mass is 9.65. The van der Waals surface area contributed by atoms with Crippen LogP contribution >= 0.6 is 27.3 Å². The van der Waals surface area contributed by atoms with Gasteiger partial charge >= 0.3 is 0 Å². The number of hydrogen-bond donors (Lipinski definition) is 0. The smallest absolute Gasteiger partial charge is 0.209 e. The van der Waals surface area contributed by atoms with E-state index in [1.165, 1.54) is 16.9 Å². The third kappa shape index (κ3) is 3.78. The van der Waals surface area contributed by atoms with Crippen molar-refractivity contribution in [3.63, 3.8) is 0 Å². The number of hydrogen-bond acceptors (Lipinski definition) is 6. The van der Waals surface area contributed by atoms with Gasteiger partial charge in [-0.3, -0.25) is 4.90 Å². The Bertz CT molecular complexity index is 938. The van der Waals surface area contributed by atoms with E-state index >= 15 is 4.39 Å². The number of benzene rings is 1. The van der Waals surface area contributed by atoms with Gasteiger partial charge in [-0.25, -0.2) is 4.39 Å². The minimum atomic E-state index is -0.942. The second-order valence-corrected chi connectivity index (χ2v) is 12.0. The van der Waals surface area contributed by atoms with E-state index in [0.29, 0.717) is 6.04 Å². The first-order valence-electron chi connectivity index (χ1n) is 11.2. The lowest BCUT2D eigenvalue weighted by Crippen LogP contribution is -2.74. The van der Waals surface area contributed by atoms with E-state index in [9.17, 15) is 0 Å². The van der Waals surface area contributed by atoms with Gasteiger partial charge in [-0.2, -0.15) is 0 Å². The van der Waals surface area contributed by atoms with Crippen molar-refractivity contribution >= 4 is 32.4 Å². The number of piperidine rings is 2. The topological polar surface area (TPSA) is 41.5 Å². The maximum atomic E-state index is 16.5. The van der Waals surface area contributed by atoms with Gasteiger partial charge in [0.15, 0.2) is 3.92 Å². The zero-order valence-corrected chi connectivity index (χ0v) is 20.8. The van der Waals surface area contributed by atoms with Gasteiger partial charge in [-0.1, -0.05) is 23.5 Å². The van der Waals surface area contributed by atoms with Gasteiger partial charge in [-0.05, 0) is 86.0 Å². The second-order valence-electron chi connectivity index (χ2n) is 9.79. The van der Waals surface area contributed by atoms with Gasteiger partial charge in [-0.15, -0.1) is 10.2 Å². The quantitative estimate of drug-likeness (QED) is 0.508. The first-order valence-corrected chi connectivity index (χ1v) is 12.8. The molecule has 0 unspecified atom stereocenters. The number of anilines is 1. The number of nitrogens with zero attached hydrogens (tertiary/aromatic N) is 4. The predicted molar refractivity (Wildman–Crippen MR) is 126 cm³/mol. The van der Waals surface area contributed by atoms with Crippen LogP contribution in [0, 0.1) is 0 Å². The van der Waals surface area contributed by atoms with Crippen molar-refractivity contribution in [2.75, 3.05) is 12.0 Å². The van der Waals surface area contributed by atoms with Crippen molar-refractivity contribution in [2.24, 2.45) is 0 Å². The second kappa shape index (κ2) is 7.96. The maximum Gasteiger partial charge on any atom is 0.209 e. The van der Waals surface area contributed by atoms with Gasteiger partial charge in [0, 0.05) is 18.1 Å². The Kier molecular flexibility index (Phi) is 5.54. The van der Waals surface area contributed by atoms with Gasteiger partial charge in [0.2, 0.25) is 5.13 Å². The highest BCUT2D eigenvalue weighted by molar-refractivity contribution is 9.11. The Hall–Kier alpha value is -1.25. The summed E-state index contributed by atoms with van der Waals surface area (Å²) in [5.74, 6) is 0.853. The molecule has 1 aromatic heterocycles. The van der Waals surface area contributed by atoms with Gasteiger partial charge in [0.05, 0.1) is 18.7 Å². The Labute approximate surface area is 196 Å². The molecular weight excluding hydrogens is 479 g/mol. The zero-order chi connectivity index (χ0) is 21.8. The largest absolute Gasteiger partial charge is 0.497 e. The molecule has 5 rings (SSSR count). The molecule has 5 nitrogen and oxygen atoms in total. The van der Waals surface area contributed by atoms with E-state index in [1.54, 1.807) is 7.11 Å². The third-order valence-corrected chi connectivity index (χ3v) is 9.02. The molecule has 1 aliphatic carbocycles. The molecule has 0 N–H and O–H groups in total. The summed E-state index contributed by atoms with van der Waals surface area (Å²) in [5, 5.41) is 9.40. The Morgan fingerprint density at radius 2 is 1.97 bits per heavy atom. The first-order chi connectivity index (χ1) is 14.8. The number of halogens is 2. The lowest BCUT2D eigenvalue weighted by molar-refractivity contribution is -0.139. The van der Waals surface area contributed by atoms with Gasteiger partial charge in [0.25, 0.3) is 0 Å². The van der Waals surface area contributed by atoms with Crippen molar-refractivity contribution in [3.05, 3.63) is 33.7 Å². The van der Waals surface area contributed by atoms with Crippen LogP contribution in [0.2, 0.25) is 0 Å². The van der Waals surface area contributed by atoms with Crippen molar-refractivity contribution in [1.29, 1.82) is 0 Å². The molecule has 1 aromatic carbocycles. The number of ether oxygens (including phenoxy) is 1. The molecule has 0 spiro atoms. The Balaban J connectivity index is 1.47. The van der Waals surface area contributed by atoms with Crippen LogP contribution in [0.4, 0.5) is 9.52 Å². The van der Waals surface area contributed by atoms with Gasteiger partial charge < -0.3 is 9.64 Å². The van der Waals surface area contributed by atoms with E-state index in [1.807, 2.05) is 12.1 Å². The minimum absolute atomic E-state index is 0.0464. The highest BCUT2D eigenvalue weighted by Gasteiger charge is 2.60. The molecule has 31 heavy (non-hydrogen) atoms. The van der Waals surface area contributed by atoms with Crippen LogP contribution in [0.3, 0.4) is 0 Å². The molecule has 2 aromatic rings. The van der Waals surface area contributed by atoms with Crippen molar-refractivity contribution < 1.29 is 9.13 Å². The highest BCUT2D eigenvalue weighted by atomic mass is 79.9. The molecule has 2 aliphatic heterocycles. The number of methoxy groups -OCH3 is 1. The van der Waals surface area contributed by atoms with Crippen molar-refractivity contribution in [1.82, 2.24) is 15.1 Å². The number of aromatic nitrogens is 2. The molecule has 168 valence electrons. The molecule has 4 atom stereocenters. The molecule has 3 aliphatic rings. The van der Waals surface area contributed by atoms with Crippen LogP contribution in [0.25, 0.3) is 0 Å². The monoisotopic (exact) mass is 508 g/mol. The molecular formula is C23H30BrFN4OS. The van der Waals surface area contributed by atoms with Crippen LogP contribution < -0.4 is 9.64 Å². The maximum absolute atomic E-state index is 16.5. The van der Waals surface area contributed by atoms with E-state index in [2.05, 4.69) is 61.9 Å². The summed E-state index contributed by atoms with van der Waals surface area (Å²) < 4.78 is 22.6. The first kappa shape index (κ1) is 21.6. The minimum Gasteiger partial charge on any atom is -0.497 e. The van der Waals surface area contributed by atoms with Crippen molar-refractivity contribution in [2.45, 2.75) is 88.3 Å². The summed E-state index contributed by atoms with van der Waals surface area (Å²) in [6.45, 7) is 5.25. The lowest BCUT2D eigenvalue weighted by Gasteiger charge is -2.63. The van der Waals surface area contributed by atoms with Crippen LogP contribution in [-0.2, 0) is 6.54 Å². The van der Waals surface area contributed by atoms with E-state index in [4.69, 9.17) is 4.74 Å². The number of rotatable bonds is 6. The van der Waals surface area contributed by atoms with E-state index < -0.39 is 11.7 Å². The van der Waals surface area contributed by atoms with Crippen LogP contribution in [-0.4, -0.2) is 51.5 Å². The predicted octanol–water partition coefficient (Wildman–Crippen LogP) is 5.59. The highest BCUT2D eigenvalue weighted by Crippen LogP contribution is 2.53. The summed E-state index contributed by atoms with van der Waals surface area (Å²) in [6.07, 6.45) is 5.16. The summed E-state index contributed by atoms with van der Waals surface area (Å²) >= 11 is 4.96. The molecule has 8 heteroatoms.